The van der Waals surface area contributed by atoms with Crippen molar-refractivity contribution in [2.24, 2.45) is 0 Å². The number of rotatable bonds is 5. The van der Waals surface area contributed by atoms with Gasteiger partial charge in [-0.2, -0.15) is 0 Å². The fourth-order valence-electron chi connectivity index (χ4n) is 2.66. The van der Waals surface area contributed by atoms with Crippen LogP contribution in [0.15, 0.2) is 18.2 Å². The molecular formula is C16H23NO2. The van der Waals surface area contributed by atoms with Gasteiger partial charge in [-0.15, -0.1) is 0 Å². The molecule has 1 aromatic rings. The molecule has 0 bridgehead atoms. The molecule has 0 spiro atoms. The molecule has 0 amide bonds. The minimum Gasteiger partial charge on any atom is -0.494 e. The minimum absolute atomic E-state index is 0.110. The summed E-state index contributed by atoms with van der Waals surface area (Å²) >= 11 is 0. The summed E-state index contributed by atoms with van der Waals surface area (Å²) in [4.78, 5) is 14.0. The van der Waals surface area contributed by atoms with Crippen LogP contribution < -0.4 is 4.74 Å². The molecule has 1 atom stereocenters. The highest BCUT2D eigenvalue weighted by Gasteiger charge is 2.21. The number of carbonyl (C=O) groups is 1. The molecule has 1 unspecified atom stereocenters. The van der Waals surface area contributed by atoms with E-state index in [9.17, 15) is 4.79 Å². The molecule has 2 rings (SSSR count). The fraction of sp³-hybridized carbons (Fsp3) is 0.562. The van der Waals surface area contributed by atoms with Gasteiger partial charge in [0.1, 0.15) is 5.75 Å². The normalized spacial score (nSPS) is 19.6. The third-order valence-electron chi connectivity index (χ3n) is 3.83. The average Bonchev–Trinajstić information content (AvgIpc) is 2.77. The van der Waals surface area contributed by atoms with Crippen molar-refractivity contribution in [1.29, 1.82) is 0 Å². The smallest absolute Gasteiger partial charge is 0.159 e. The maximum atomic E-state index is 11.5. The summed E-state index contributed by atoms with van der Waals surface area (Å²) in [5.74, 6) is 1.02. The summed E-state index contributed by atoms with van der Waals surface area (Å²) in [6.45, 7) is 8.53. The van der Waals surface area contributed by atoms with Gasteiger partial charge in [-0.25, -0.2) is 0 Å². The van der Waals surface area contributed by atoms with Gasteiger partial charge in [0.05, 0.1) is 6.61 Å². The van der Waals surface area contributed by atoms with Crippen LogP contribution in [0.3, 0.4) is 0 Å². The topological polar surface area (TPSA) is 29.5 Å². The zero-order valence-corrected chi connectivity index (χ0v) is 12.1. The molecule has 1 heterocycles. The summed E-state index contributed by atoms with van der Waals surface area (Å²) in [6, 6.07) is 6.38. The van der Waals surface area contributed by atoms with Gasteiger partial charge < -0.3 is 4.74 Å². The van der Waals surface area contributed by atoms with E-state index in [1.807, 2.05) is 25.1 Å². The predicted octanol–water partition coefficient (Wildman–Crippen LogP) is 3.27. The van der Waals surface area contributed by atoms with E-state index in [1.165, 1.54) is 12.8 Å². The fourth-order valence-corrected chi connectivity index (χ4v) is 2.66. The largest absolute Gasteiger partial charge is 0.494 e. The number of Topliss-reactive ketones (excluding diaryl/α,β-unsaturated/α-hetero) is 1. The van der Waals surface area contributed by atoms with E-state index < -0.39 is 0 Å². The highest BCUT2D eigenvalue weighted by atomic mass is 16.5. The van der Waals surface area contributed by atoms with E-state index in [1.54, 1.807) is 6.92 Å². The summed E-state index contributed by atoms with van der Waals surface area (Å²) in [5, 5.41) is 0. The maximum Gasteiger partial charge on any atom is 0.159 e. The Morgan fingerprint density at radius 1 is 1.47 bits per heavy atom. The molecule has 1 saturated heterocycles. The van der Waals surface area contributed by atoms with E-state index in [4.69, 9.17) is 4.74 Å². The highest BCUT2D eigenvalue weighted by Crippen LogP contribution is 2.26. The number of likely N-dealkylation sites (tertiary alicyclic amines) is 1. The predicted molar refractivity (Wildman–Crippen MR) is 76.7 cm³/mol. The monoisotopic (exact) mass is 261 g/mol. The van der Waals surface area contributed by atoms with E-state index in [-0.39, 0.29) is 5.78 Å². The number of nitrogens with zero attached hydrogens (tertiary/aromatic N) is 1. The van der Waals surface area contributed by atoms with Crippen molar-refractivity contribution in [1.82, 2.24) is 4.90 Å². The van der Waals surface area contributed by atoms with Crippen LogP contribution in [0.2, 0.25) is 0 Å². The van der Waals surface area contributed by atoms with Gasteiger partial charge in [-0.3, -0.25) is 9.69 Å². The van der Waals surface area contributed by atoms with Crippen molar-refractivity contribution in [2.45, 2.75) is 46.2 Å². The molecule has 0 aliphatic carbocycles. The van der Waals surface area contributed by atoms with Crippen molar-refractivity contribution < 1.29 is 9.53 Å². The Balaban J connectivity index is 2.23. The maximum absolute atomic E-state index is 11.5. The Morgan fingerprint density at radius 3 is 2.84 bits per heavy atom. The Kier molecular flexibility index (Phi) is 4.59. The first-order valence-electron chi connectivity index (χ1n) is 7.12. The molecule has 0 aromatic heterocycles. The Labute approximate surface area is 115 Å². The van der Waals surface area contributed by atoms with Crippen LogP contribution in [-0.4, -0.2) is 29.9 Å². The second-order valence-electron chi connectivity index (χ2n) is 5.27. The SMILES string of the molecule is CCOc1ccc(C(C)=O)cc1CN1CCCC1C. The van der Waals surface area contributed by atoms with Gasteiger partial charge in [-0.05, 0) is 58.4 Å². The molecular weight excluding hydrogens is 238 g/mol. The van der Waals surface area contributed by atoms with Crippen LogP contribution in [-0.2, 0) is 6.54 Å². The zero-order valence-electron chi connectivity index (χ0n) is 12.1. The lowest BCUT2D eigenvalue weighted by Gasteiger charge is -2.22. The number of hydrogen-bond donors (Lipinski definition) is 0. The Bertz CT molecular complexity index is 456. The molecule has 1 aromatic carbocycles. The van der Waals surface area contributed by atoms with Crippen molar-refractivity contribution in [3.05, 3.63) is 29.3 Å². The summed E-state index contributed by atoms with van der Waals surface area (Å²) in [5.41, 5.74) is 1.90. The van der Waals surface area contributed by atoms with Crippen molar-refractivity contribution >= 4 is 5.78 Å². The minimum atomic E-state index is 0.110. The van der Waals surface area contributed by atoms with Crippen LogP contribution in [0, 0.1) is 0 Å². The lowest BCUT2D eigenvalue weighted by atomic mass is 10.1. The molecule has 3 nitrogen and oxygen atoms in total. The van der Waals surface area contributed by atoms with E-state index in [0.29, 0.717) is 12.6 Å². The molecule has 1 fully saturated rings. The van der Waals surface area contributed by atoms with Crippen LogP contribution in [0.5, 0.6) is 5.75 Å². The molecule has 1 aliphatic heterocycles. The molecule has 0 N–H and O–H groups in total. The molecule has 104 valence electrons. The second-order valence-corrected chi connectivity index (χ2v) is 5.27. The van der Waals surface area contributed by atoms with E-state index >= 15 is 0 Å². The first kappa shape index (κ1) is 14.1. The number of hydrogen-bond acceptors (Lipinski definition) is 3. The van der Waals surface area contributed by atoms with Gasteiger partial charge in [0, 0.05) is 23.7 Å². The van der Waals surface area contributed by atoms with Crippen LogP contribution in [0.4, 0.5) is 0 Å². The first-order valence-corrected chi connectivity index (χ1v) is 7.12. The highest BCUT2D eigenvalue weighted by molar-refractivity contribution is 5.94. The van der Waals surface area contributed by atoms with E-state index in [0.717, 1.165) is 30.0 Å². The van der Waals surface area contributed by atoms with Crippen molar-refractivity contribution in [2.75, 3.05) is 13.2 Å². The van der Waals surface area contributed by atoms with Crippen molar-refractivity contribution in [3.8, 4) is 5.75 Å². The summed E-state index contributed by atoms with van der Waals surface area (Å²) < 4.78 is 5.68. The van der Waals surface area contributed by atoms with Gasteiger partial charge >= 0.3 is 0 Å². The average molecular weight is 261 g/mol. The summed E-state index contributed by atoms with van der Waals surface area (Å²) in [6.07, 6.45) is 2.52. The molecule has 1 aliphatic rings. The number of ketones is 1. The Morgan fingerprint density at radius 2 is 2.26 bits per heavy atom. The van der Waals surface area contributed by atoms with Gasteiger partial charge in [0.25, 0.3) is 0 Å². The quantitative estimate of drug-likeness (QED) is 0.762. The second kappa shape index (κ2) is 6.20. The van der Waals surface area contributed by atoms with Gasteiger partial charge in [-0.1, -0.05) is 0 Å². The molecule has 0 radical (unpaired) electrons. The van der Waals surface area contributed by atoms with Crippen molar-refractivity contribution in [3.63, 3.8) is 0 Å². The molecule has 3 heteroatoms. The Hall–Kier alpha value is -1.35. The van der Waals surface area contributed by atoms with Crippen LogP contribution >= 0.6 is 0 Å². The van der Waals surface area contributed by atoms with Gasteiger partial charge in [0.15, 0.2) is 5.78 Å². The standard InChI is InChI=1S/C16H23NO2/c1-4-19-16-8-7-14(13(3)18)10-15(16)11-17-9-5-6-12(17)2/h7-8,10,12H,4-6,9,11H2,1-3H3. The summed E-state index contributed by atoms with van der Waals surface area (Å²) in [7, 11) is 0. The first-order chi connectivity index (χ1) is 9.11. The lowest BCUT2D eigenvalue weighted by Crippen LogP contribution is -2.26. The number of benzene rings is 1. The number of ether oxygens (including phenoxy) is 1. The van der Waals surface area contributed by atoms with E-state index in [2.05, 4.69) is 11.8 Å². The third kappa shape index (κ3) is 3.35. The van der Waals surface area contributed by atoms with Gasteiger partial charge in [0.2, 0.25) is 0 Å². The molecule has 0 saturated carbocycles. The third-order valence-corrected chi connectivity index (χ3v) is 3.83. The lowest BCUT2D eigenvalue weighted by molar-refractivity contribution is 0.101. The zero-order chi connectivity index (χ0) is 13.8. The van der Waals surface area contributed by atoms with Crippen LogP contribution in [0.25, 0.3) is 0 Å². The molecule has 19 heavy (non-hydrogen) atoms. The van der Waals surface area contributed by atoms with Crippen LogP contribution in [0.1, 0.15) is 49.5 Å². The number of carbonyl (C=O) groups excluding carboxylic acids is 1.